The van der Waals surface area contributed by atoms with Gasteiger partial charge in [0.1, 0.15) is 11.3 Å². The van der Waals surface area contributed by atoms with Crippen LogP contribution in [-0.2, 0) is 0 Å². The molecule has 0 saturated carbocycles. The van der Waals surface area contributed by atoms with Crippen molar-refractivity contribution in [3.05, 3.63) is 22.9 Å². The number of fused-ring (bicyclic) bond motifs is 1. The SMILES string of the molecule is COc1ncnc2c1nc(N)n2C(C)c1nccs1. The highest BCUT2D eigenvalue weighted by Gasteiger charge is 2.20. The molecule has 0 spiro atoms. The third kappa shape index (κ3) is 1.80. The zero-order valence-electron chi connectivity index (χ0n) is 10.4. The molecule has 3 heterocycles. The van der Waals surface area contributed by atoms with E-state index in [1.54, 1.807) is 24.6 Å². The van der Waals surface area contributed by atoms with Crippen molar-refractivity contribution in [2.75, 3.05) is 12.8 Å². The van der Waals surface area contributed by atoms with Gasteiger partial charge in [-0.3, -0.25) is 4.57 Å². The molecule has 8 heteroatoms. The van der Waals surface area contributed by atoms with Crippen LogP contribution in [0.5, 0.6) is 5.88 Å². The quantitative estimate of drug-likeness (QED) is 0.779. The van der Waals surface area contributed by atoms with E-state index >= 15 is 0 Å². The Balaban J connectivity index is 2.21. The molecule has 3 rings (SSSR count). The summed E-state index contributed by atoms with van der Waals surface area (Å²) < 4.78 is 7.00. The zero-order valence-corrected chi connectivity index (χ0v) is 11.3. The maximum absolute atomic E-state index is 5.99. The third-order valence-electron chi connectivity index (χ3n) is 2.86. The van der Waals surface area contributed by atoms with E-state index in [1.165, 1.54) is 6.33 Å². The Morgan fingerprint density at radius 2 is 2.21 bits per heavy atom. The predicted octanol–water partition coefficient (Wildman–Crippen LogP) is 1.48. The van der Waals surface area contributed by atoms with Crippen LogP contribution >= 0.6 is 11.3 Å². The topological polar surface area (TPSA) is 91.7 Å². The molecule has 0 bridgehead atoms. The Bertz CT molecular complexity index is 707. The van der Waals surface area contributed by atoms with Gasteiger partial charge in [-0.25, -0.2) is 15.0 Å². The van der Waals surface area contributed by atoms with Crippen LogP contribution < -0.4 is 10.5 Å². The maximum atomic E-state index is 5.99. The summed E-state index contributed by atoms with van der Waals surface area (Å²) >= 11 is 1.57. The van der Waals surface area contributed by atoms with Crippen molar-refractivity contribution < 1.29 is 4.74 Å². The average molecular weight is 276 g/mol. The largest absolute Gasteiger partial charge is 0.479 e. The molecule has 7 nitrogen and oxygen atoms in total. The molecule has 0 aliphatic rings. The van der Waals surface area contributed by atoms with Crippen LogP contribution in [0.1, 0.15) is 18.0 Å². The summed E-state index contributed by atoms with van der Waals surface area (Å²) in [5.41, 5.74) is 7.20. The van der Waals surface area contributed by atoms with Crippen LogP contribution in [0, 0.1) is 0 Å². The number of thiazole rings is 1. The van der Waals surface area contributed by atoms with Gasteiger partial charge in [-0.2, -0.15) is 4.98 Å². The molecule has 19 heavy (non-hydrogen) atoms. The maximum Gasteiger partial charge on any atom is 0.245 e. The molecule has 0 aromatic carbocycles. The fraction of sp³-hybridized carbons (Fsp3) is 0.273. The monoisotopic (exact) mass is 276 g/mol. The van der Waals surface area contributed by atoms with Crippen molar-refractivity contribution in [1.29, 1.82) is 0 Å². The first-order valence-electron chi connectivity index (χ1n) is 5.64. The summed E-state index contributed by atoms with van der Waals surface area (Å²) in [5, 5.41) is 2.88. The Hall–Kier alpha value is -2.22. The number of imidazole rings is 1. The van der Waals surface area contributed by atoms with Crippen molar-refractivity contribution in [2.45, 2.75) is 13.0 Å². The fourth-order valence-electron chi connectivity index (χ4n) is 1.99. The fourth-order valence-corrected chi connectivity index (χ4v) is 2.67. The van der Waals surface area contributed by atoms with Crippen LogP contribution in [-0.4, -0.2) is 31.6 Å². The lowest BCUT2D eigenvalue weighted by atomic mass is 10.3. The molecule has 0 fully saturated rings. The molecular weight excluding hydrogens is 264 g/mol. The number of anilines is 1. The van der Waals surface area contributed by atoms with E-state index in [2.05, 4.69) is 19.9 Å². The summed E-state index contributed by atoms with van der Waals surface area (Å²) in [6, 6.07) is -0.0374. The van der Waals surface area contributed by atoms with Crippen molar-refractivity contribution in [3.63, 3.8) is 0 Å². The minimum Gasteiger partial charge on any atom is -0.479 e. The van der Waals surface area contributed by atoms with Crippen LogP contribution in [0.2, 0.25) is 0 Å². The van der Waals surface area contributed by atoms with Crippen molar-refractivity contribution in [3.8, 4) is 5.88 Å². The van der Waals surface area contributed by atoms with E-state index in [1.807, 2.05) is 16.9 Å². The van der Waals surface area contributed by atoms with Crippen molar-refractivity contribution in [2.24, 2.45) is 0 Å². The first kappa shape index (κ1) is 11.8. The first-order valence-corrected chi connectivity index (χ1v) is 6.52. The van der Waals surface area contributed by atoms with Gasteiger partial charge in [0.15, 0.2) is 11.2 Å². The summed E-state index contributed by atoms with van der Waals surface area (Å²) in [4.78, 5) is 16.9. The predicted molar refractivity (Wildman–Crippen MR) is 72.2 cm³/mol. The van der Waals surface area contributed by atoms with E-state index in [0.717, 1.165) is 5.01 Å². The van der Waals surface area contributed by atoms with Gasteiger partial charge in [0, 0.05) is 11.6 Å². The summed E-state index contributed by atoms with van der Waals surface area (Å²) in [7, 11) is 1.54. The molecule has 2 N–H and O–H groups in total. The van der Waals surface area contributed by atoms with Crippen LogP contribution in [0.15, 0.2) is 17.9 Å². The lowest BCUT2D eigenvalue weighted by molar-refractivity contribution is 0.401. The molecule has 0 aliphatic heterocycles. The van der Waals surface area contributed by atoms with Gasteiger partial charge in [-0.1, -0.05) is 0 Å². The lowest BCUT2D eigenvalue weighted by Gasteiger charge is -2.12. The molecule has 0 saturated heterocycles. The smallest absolute Gasteiger partial charge is 0.245 e. The van der Waals surface area contributed by atoms with Crippen LogP contribution in [0.25, 0.3) is 11.2 Å². The van der Waals surface area contributed by atoms with E-state index in [0.29, 0.717) is 23.0 Å². The number of rotatable bonds is 3. The summed E-state index contributed by atoms with van der Waals surface area (Å²) in [5.74, 6) is 0.790. The number of hydrogen-bond acceptors (Lipinski definition) is 7. The second-order valence-electron chi connectivity index (χ2n) is 3.94. The molecule has 3 aromatic heterocycles. The molecule has 0 aliphatic carbocycles. The van der Waals surface area contributed by atoms with Gasteiger partial charge in [0.25, 0.3) is 0 Å². The molecule has 1 atom stereocenters. The molecule has 3 aromatic rings. The van der Waals surface area contributed by atoms with E-state index < -0.39 is 0 Å². The van der Waals surface area contributed by atoms with E-state index in [4.69, 9.17) is 10.5 Å². The molecule has 98 valence electrons. The number of nitrogens with two attached hydrogens (primary N) is 1. The number of hydrogen-bond donors (Lipinski definition) is 1. The second kappa shape index (κ2) is 4.47. The molecular formula is C11H12N6OS. The van der Waals surface area contributed by atoms with Crippen LogP contribution in [0.4, 0.5) is 5.95 Å². The Morgan fingerprint density at radius 1 is 1.37 bits per heavy atom. The average Bonchev–Trinajstić information content (AvgIpc) is 3.04. The van der Waals surface area contributed by atoms with Gasteiger partial charge >= 0.3 is 0 Å². The van der Waals surface area contributed by atoms with Gasteiger partial charge in [0.2, 0.25) is 11.8 Å². The van der Waals surface area contributed by atoms with Crippen LogP contribution in [0.3, 0.4) is 0 Å². The van der Waals surface area contributed by atoms with Gasteiger partial charge in [-0.05, 0) is 6.92 Å². The first-order chi connectivity index (χ1) is 9.22. The van der Waals surface area contributed by atoms with Gasteiger partial charge in [0.05, 0.1) is 13.2 Å². The van der Waals surface area contributed by atoms with E-state index in [-0.39, 0.29) is 6.04 Å². The number of nitrogen functional groups attached to an aromatic ring is 1. The normalized spacial score (nSPS) is 12.7. The zero-order chi connectivity index (χ0) is 13.4. The Morgan fingerprint density at radius 3 is 2.89 bits per heavy atom. The lowest BCUT2D eigenvalue weighted by Crippen LogP contribution is -2.10. The summed E-state index contributed by atoms with van der Waals surface area (Å²) in [6.07, 6.45) is 3.20. The molecule has 0 amide bonds. The number of methoxy groups -OCH3 is 1. The van der Waals surface area contributed by atoms with Crippen molar-refractivity contribution in [1.82, 2.24) is 24.5 Å². The highest BCUT2D eigenvalue weighted by atomic mass is 32.1. The number of ether oxygens (including phenoxy) is 1. The molecule has 0 radical (unpaired) electrons. The second-order valence-corrected chi connectivity index (χ2v) is 4.87. The molecule has 1 unspecified atom stereocenters. The van der Waals surface area contributed by atoms with Gasteiger partial charge < -0.3 is 10.5 Å². The van der Waals surface area contributed by atoms with E-state index in [9.17, 15) is 0 Å². The Labute approximate surface area is 113 Å². The number of nitrogens with zero attached hydrogens (tertiary/aromatic N) is 5. The van der Waals surface area contributed by atoms with Gasteiger partial charge in [-0.15, -0.1) is 11.3 Å². The van der Waals surface area contributed by atoms with Crippen molar-refractivity contribution >= 4 is 28.4 Å². The standard InChI is InChI=1S/C11H12N6OS/c1-6(10-13-3-4-19-10)17-8-7(16-11(17)12)9(18-2)15-5-14-8/h3-6H,1-2H3,(H2,12,16). The minimum atomic E-state index is -0.0374. The number of aromatic nitrogens is 5. The summed E-state index contributed by atoms with van der Waals surface area (Å²) in [6.45, 7) is 2.00. The third-order valence-corrected chi connectivity index (χ3v) is 3.81. The highest BCUT2D eigenvalue weighted by molar-refractivity contribution is 7.09. The highest BCUT2D eigenvalue weighted by Crippen LogP contribution is 2.29. The Kier molecular flexibility index (Phi) is 2.79. The minimum absolute atomic E-state index is 0.0374.